The molecule has 1 heterocycles. The van der Waals surface area contributed by atoms with Crippen molar-refractivity contribution in [2.75, 3.05) is 18.2 Å². The fourth-order valence-corrected chi connectivity index (χ4v) is 3.19. The zero-order chi connectivity index (χ0) is 19.1. The number of aryl methyl sites for hydroxylation is 1. The maximum Gasteiger partial charge on any atom is 0.273 e. The third-order valence-corrected chi connectivity index (χ3v) is 4.55. The number of hydrogen-bond donors (Lipinski definition) is 1. The Morgan fingerprint density at radius 3 is 2.77 bits per heavy atom. The molecule has 2 rings (SSSR count). The fourth-order valence-electron chi connectivity index (χ4n) is 2.37. The monoisotopic (exact) mass is 379 g/mol. The largest absolute Gasteiger partial charge is 0.494 e. The highest BCUT2D eigenvalue weighted by atomic mass is 32.2. The molecule has 0 aliphatic carbocycles. The lowest BCUT2D eigenvalue weighted by atomic mass is 10.2. The average Bonchev–Trinajstić information content (AvgIpc) is 3.02. The quantitative estimate of drug-likeness (QED) is 0.405. The number of carbonyl (C=O) groups is 1. The molecule has 0 saturated carbocycles. The second-order valence-corrected chi connectivity index (χ2v) is 6.31. The number of nitro groups is 1. The standard InChI is InChI=1S/C16H21N5O4S/c1-4-6-14-18-19-16(20(14)5-2)26-10-15(22)17-12-8-7-11(21(23)24)9-13(12)25-3/h7-9H,4-6,10H2,1-3H3,(H,17,22). The molecule has 0 atom stereocenters. The number of nitrogens with zero attached hydrogens (tertiary/aromatic N) is 4. The summed E-state index contributed by atoms with van der Waals surface area (Å²) in [5.41, 5.74) is 0.279. The number of amides is 1. The summed E-state index contributed by atoms with van der Waals surface area (Å²) in [5, 5.41) is 22.5. The van der Waals surface area contributed by atoms with Crippen LogP contribution >= 0.6 is 11.8 Å². The molecule has 1 amide bonds. The number of hydrogen-bond acceptors (Lipinski definition) is 7. The van der Waals surface area contributed by atoms with E-state index in [1.165, 1.54) is 37.1 Å². The highest BCUT2D eigenvalue weighted by Gasteiger charge is 2.15. The number of rotatable bonds is 9. The number of anilines is 1. The maximum absolute atomic E-state index is 12.2. The maximum atomic E-state index is 12.2. The van der Waals surface area contributed by atoms with Crippen LogP contribution in [0.5, 0.6) is 5.75 Å². The smallest absolute Gasteiger partial charge is 0.273 e. The van der Waals surface area contributed by atoms with Crippen molar-refractivity contribution >= 4 is 29.0 Å². The third-order valence-electron chi connectivity index (χ3n) is 3.59. The molecule has 9 nitrogen and oxygen atoms in total. The minimum atomic E-state index is -0.518. The molecule has 0 aliphatic heterocycles. The average molecular weight is 379 g/mol. The molecule has 0 spiro atoms. The van der Waals surface area contributed by atoms with Crippen LogP contribution in [0.4, 0.5) is 11.4 Å². The van der Waals surface area contributed by atoms with Gasteiger partial charge < -0.3 is 14.6 Å². The van der Waals surface area contributed by atoms with Gasteiger partial charge in [-0.05, 0) is 19.4 Å². The lowest BCUT2D eigenvalue weighted by Gasteiger charge is -2.10. The van der Waals surface area contributed by atoms with Gasteiger partial charge in [-0.15, -0.1) is 10.2 Å². The number of nitro benzene ring substituents is 1. The summed E-state index contributed by atoms with van der Waals surface area (Å²) in [6, 6.07) is 4.04. The van der Waals surface area contributed by atoms with Crippen LogP contribution in [0.2, 0.25) is 0 Å². The summed E-state index contributed by atoms with van der Waals surface area (Å²) >= 11 is 1.30. The van der Waals surface area contributed by atoms with E-state index >= 15 is 0 Å². The van der Waals surface area contributed by atoms with Crippen LogP contribution in [0.15, 0.2) is 23.4 Å². The summed E-state index contributed by atoms with van der Waals surface area (Å²) in [6.07, 6.45) is 1.82. The number of methoxy groups -OCH3 is 1. The Balaban J connectivity index is 2.02. The van der Waals surface area contributed by atoms with Crippen molar-refractivity contribution in [3.05, 3.63) is 34.1 Å². The van der Waals surface area contributed by atoms with Crippen molar-refractivity contribution in [2.45, 2.75) is 38.4 Å². The van der Waals surface area contributed by atoms with E-state index in [-0.39, 0.29) is 23.1 Å². The Morgan fingerprint density at radius 1 is 1.38 bits per heavy atom. The van der Waals surface area contributed by atoms with E-state index in [1.54, 1.807) is 0 Å². The number of thioether (sulfide) groups is 1. The van der Waals surface area contributed by atoms with Crippen LogP contribution in [0.25, 0.3) is 0 Å². The van der Waals surface area contributed by atoms with Crippen LogP contribution in [0.3, 0.4) is 0 Å². The van der Waals surface area contributed by atoms with E-state index in [2.05, 4.69) is 22.4 Å². The minimum absolute atomic E-state index is 0.103. The van der Waals surface area contributed by atoms with Crippen molar-refractivity contribution in [3.63, 3.8) is 0 Å². The third kappa shape index (κ3) is 4.72. The van der Waals surface area contributed by atoms with Crippen molar-refractivity contribution in [2.24, 2.45) is 0 Å². The van der Waals surface area contributed by atoms with Gasteiger partial charge in [-0.3, -0.25) is 14.9 Å². The van der Waals surface area contributed by atoms with Gasteiger partial charge in [-0.25, -0.2) is 0 Å². The fraction of sp³-hybridized carbons (Fsp3) is 0.438. The van der Waals surface area contributed by atoms with Gasteiger partial charge in [0.15, 0.2) is 5.16 Å². The number of aromatic nitrogens is 3. The zero-order valence-electron chi connectivity index (χ0n) is 14.9. The van der Waals surface area contributed by atoms with Gasteiger partial charge in [-0.1, -0.05) is 18.7 Å². The molecule has 10 heteroatoms. The van der Waals surface area contributed by atoms with E-state index in [0.29, 0.717) is 10.8 Å². The summed E-state index contributed by atoms with van der Waals surface area (Å²) in [5.74, 6) is 1.03. The molecule has 0 unspecified atom stereocenters. The van der Waals surface area contributed by atoms with Crippen LogP contribution in [-0.2, 0) is 17.8 Å². The molecular weight excluding hydrogens is 358 g/mol. The van der Waals surface area contributed by atoms with Gasteiger partial charge >= 0.3 is 0 Å². The lowest BCUT2D eigenvalue weighted by Crippen LogP contribution is -2.15. The number of carbonyl (C=O) groups excluding carboxylic acids is 1. The molecule has 1 aromatic carbocycles. The van der Waals surface area contributed by atoms with E-state index in [9.17, 15) is 14.9 Å². The molecule has 2 aromatic rings. The summed E-state index contributed by atoms with van der Waals surface area (Å²) < 4.78 is 7.11. The summed E-state index contributed by atoms with van der Waals surface area (Å²) in [6.45, 7) is 4.82. The Kier molecular flexibility index (Phi) is 6.96. The zero-order valence-corrected chi connectivity index (χ0v) is 15.7. The van der Waals surface area contributed by atoms with Crippen LogP contribution < -0.4 is 10.1 Å². The molecule has 0 fully saturated rings. The number of nitrogens with one attached hydrogen (secondary N) is 1. The van der Waals surface area contributed by atoms with Crippen LogP contribution in [0.1, 0.15) is 26.1 Å². The van der Waals surface area contributed by atoms with Gasteiger partial charge in [-0.2, -0.15) is 0 Å². The van der Waals surface area contributed by atoms with Crippen LogP contribution in [-0.4, -0.2) is 38.5 Å². The van der Waals surface area contributed by atoms with E-state index in [1.807, 2.05) is 11.5 Å². The lowest BCUT2D eigenvalue weighted by molar-refractivity contribution is -0.384. The molecule has 0 radical (unpaired) electrons. The van der Waals surface area contributed by atoms with E-state index in [4.69, 9.17) is 4.74 Å². The van der Waals surface area contributed by atoms with Crippen molar-refractivity contribution in [1.82, 2.24) is 14.8 Å². The molecular formula is C16H21N5O4S. The second-order valence-electron chi connectivity index (χ2n) is 5.37. The van der Waals surface area contributed by atoms with Crippen molar-refractivity contribution < 1.29 is 14.5 Å². The molecule has 140 valence electrons. The minimum Gasteiger partial charge on any atom is -0.494 e. The highest BCUT2D eigenvalue weighted by molar-refractivity contribution is 7.99. The number of non-ortho nitro benzene ring substituents is 1. The predicted octanol–water partition coefficient (Wildman–Crippen LogP) is 2.90. The Morgan fingerprint density at radius 2 is 2.15 bits per heavy atom. The van der Waals surface area contributed by atoms with Crippen molar-refractivity contribution in [1.29, 1.82) is 0 Å². The van der Waals surface area contributed by atoms with Gasteiger partial charge in [0, 0.05) is 19.0 Å². The Hall–Kier alpha value is -2.62. The SMILES string of the molecule is CCCc1nnc(SCC(=O)Nc2ccc([N+](=O)[O-])cc2OC)n1CC. The normalized spacial score (nSPS) is 10.6. The first-order valence-corrected chi connectivity index (χ1v) is 9.15. The van der Waals surface area contributed by atoms with Crippen molar-refractivity contribution in [3.8, 4) is 5.75 Å². The molecule has 1 aromatic heterocycles. The first-order chi connectivity index (χ1) is 12.5. The first-order valence-electron chi connectivity index (χ1n) is 8.17. The molecule has 0 bridgehead atoms. The summed E-state index contributed by atoms with van der Waals surface area (Å²) in [4.78, 5) is 22.5. The molecule has 1 N–H and O–H groups in total. The van der Waals surface area contributed by atoms with E-state index in [0.717, 1.165) is 25.2 Å². The highest BCUT2D eigenvalue weighted by Crippen LogP contribution is 2.29. The Labute approximate surface area is 155 Å². The predicted molar refractivity (Wildman–Crippen MR) is 98.7 cm³/mol. The van der Waals surface area contributed by atoms with Gasteiger partial charge in [0.05, 0.1) is 29.5 Å². The van der Waals surface area contributed by atoms with Crippen LogP contribution in [0, 0.1) is 10.1 Å². The van der Waals surface area contributed by atoms with E-state index < -0.39 is 4.92 Å². The summed E-state index contributed by atoms with van der Waals surface area (Å²) in [7, 11) is 1.39. The topological polar surface area (TPSA) is 112 Å². The molecule has 26 heavy (non-hydrogen) atoms. The first kappa shape index (κ1) is 19.7. The van der Waals surface area contributed by atoms with Gasteiger partial charge in [0.25, 0.3) is 5.69 Å². The molecule has 0 saturated heterocycles. The van der Waals surface area contributed by atoms with Gasteiger partial charge in [0.2, 0.25) is 5.91 Å². The molecule has 0 aliphatic rings. The Bertz CT molecular complexity index is 793. The second kappa shape index (κ2) is 9.18. The number of benzene rings is 1. The van der Waals surface area contributed by atoms with Gasteiger partial charge in [0.1, 0.15) is 11.6 Å². The number of ether oxygens (including phenoxy) is 1.